The lowest BCUT2D eigenvalue weighted by atomic mass is 10.2. The molecule has 0 saturated heterocycles. The van der Waals surface area contributed by atoms with Crippen LogP contribution in [-0.2, 0) is 23.7 Å². The molecular formula is C13H30N2O7. The number of hydrogen-bond acceptors (Lipinski definition) is 7. The van der Waals surface area contributed by atoms with Gasteiger partial charge in [0.1, 0.15) is 12.5 Å². The zero-order chi connectivity index (χ0) is 14.7. The number of alkyl carbamates (subject to hydrolysis) is 2. The number of ether oxygens (including phenoxy) is 4. The SMILES string of the molecule is C.C.C.COCC(COC(=O)NCNC(=O)OC)C(=O)OC. The van der Waals surface area contributed by atoms with Gasteiger partial charge in [0.05, 0.1) is 27.5 Å². The second-order valence-electron chi connectivity index (χ2n) is 3.30. The van der Waals surface area contributed by atoms with E-state index in [1.54, 1.807) is 0 Å². The molecule has 0 aromatic rings. The molecule has 2 N–H and O–H groups in total. The molecule has 0 spiro atoms. The third-order valence-corrected chi connectivity index (χ3v) is 1.97. The quantitative estimate of drug-likeness (QED) is 0.413. The molecule has 22 heavy (non-hydrogen) atoms. The monoisotopic (exact) mass is 326 g/mol. The maximum absolute atomic E-state index is 11.3. The van der Waals surface area contributed by atoms with Crippen molar-refractivity contribution in [2.24, 2.45) is 5.92 Å². The van der Waals surface area contributed by atoms with E-state index in [1.165, 1.54) is 21.3 Å². The Kier molecular flexibility index (Phi) is 21.8. The molecular weight excluding hydrogens is 296 g/mol. The molecule has 2 amide bonds. The second-order valence-corrected chi connectivity index (χ2v) is 3.30. The summed E-state index contributed by atoms with van der Waals surface area (Å²) in [5.41, 5.74) is 0. The molecule has 9 heteroatoms. The van der Waals surface area contributed by atoms with Crippen LogP contribution in [0, 0.1) is 5.92 Å². The van der Waals surface area contributed by atoms with Gasteiger partial charge in [-0.05, 0) is 0 Å². The fourth-order valence-corrected chi connectivity index (χ4v) is 1.04. The van der Waals surface area contributed by atoms with E-state index in [0.717, 1.165) is 0 Å². The van der Waals surface area contributed by atoms with E-state index in [0.29, 0.717) is 0 Å². The van der Waals surface area contributed by atoms with Crippen LogP contribution in [-0.4, -0.2) is 59.4 Å². The molecule has 0 heterocycles. The van der Waals surface area contributed by atoms with Gasteiger partial charge in [-0.15, -0.1) is 0 Å². The minimum atomic E-state index is -0.790. The maximum Gasteiger partial charge on any atom is 0.408 e. The average Bonchev–Trinajstić information content (AvgIpc) is 2.42. The molecule has 0 fully saturated rings. The maximum atomic E-state index is 11.3. The highest BCUT2D eigenvalue weighted by atomic mass is 16.6. The predicted octanol–water partition coefficient (Wildman–Crippen LogP) is 1.37. The van der Waals surface area contributed by atoms with Gasteiger partial charge in [0.2, 0.25) is 0 Å². The topological polar surface area (TPSA) is 112 Å². The fourth-order valence-electron chi connectivity index (χ4n) is 1.04. The van der Waals surface area contributed by atoms with E-state index < -0.39 is 24.1 Å². The van der Waals surface area contributed by atoms with E-state index in [9.17, 15) is 14.4 Å². The molecule has 9 nitrogen and oxygen atoms in total. The van der Waals surface area contributed by atoms with Crippen molar-refractivity contribution in [1.82, 2.24) is 10.6 Å². The van der Waals surface area contributed by atoms with Gasteiger partial charge in [0.25, 0.3) is 0 Å². The third-order valence-electron chi connectivity index (χ3n) is 1.97. The highest BCUT2D eigenvalue weighted by molar-refractivity contribution is 5.73. The molecule has 0 saturated carbocycles. The molecule has 0 aromatic heterocycles. The molecule has 0 aromatic carbocycles. The number of carbonyl (C=O) groups excluding carboxylic acids is 3. The van der Waals surface area contributed by atoms with E-state index in [2.05, 4.69) is 20.1 Å². The molecule has 0 aliphatic rings. The molecule has 0 rings (SSSR count). The summed E-state index contributed by atoms with van der Waals surface area (Å²) in [6.07, 6.45) is -1.48. The molecule has 0 bridgehead atoms. The lowest BCUT2D eigenvalue weighted by molar-refractivity contribution is -0.148. The largest absolute Gasteiger partial charge is 0.469 e. The van der Waals surface area contributed by atoms with Crippen LogP contribution in [0.3, 0.4) is 0 Å². The van der Waals surface area contributed by atoms with Crippen LogP contribution in [0.1, 0.15) is 22.3 Å². The lowest BCUT2D eigenvalue weighted by Gasteiger charge is -2.14. The number of nitrogens with one attached hydrogen (secondary N) is 2. The van der Waals surface area contributed by atoms with Crippen molar-refractivity contribution < 1.29 is 33.3 Å². The van der Waals surface area contributed by atoms with Crippen molar-refractivity contribution in [2.45, 2.75) is 22.3 Å². The predicted molar refractivity (Wildman–Crippen MR) is 82.5 cm³/mol. The molecule has 134 valence electrons. The van der Waals surface area contributed by atoms with Crippen molar-refractivity contribution in [3.8, 4) is 0 Å². The van der Waals surface area contributed by atoms with Crippen LogP contribution in [0.15, 0.2) is 0 Å². The first-order valence-electron chi connectivity index (χ1n) is 5.34. The van der Waals surface area contributed by atoms with Gasteiger partial charge < -0.3 is 29.6 Å². The normalized spacial score (nSPS) is 9.59. The fraction of sp³-hybridized carbons (Fsp3) is 0.769. The van der Waals surface area contributed by atoms with Crippen LogP contribution in [0.25, 0.3) is 0 Å². The summed E-state index contributed by atoms with van der Waals surface area (Å²) in [5, 5.41) is 4.46. The Morgan fingerprint density at radius 3 is 1.86 bits per heavy atom. The van der Waals surface area contributed by atoms with Gasteiger partial charge in [0, 0.05) is 7.11 Å². The van der Waals surface area contributed by atoms with Crippen molar-refractivity contribution >= 4 is 18.2 Å². The van der Waals surface area contributed by atoms with Crippen molar-refractivity contribution in [3.05, 3.63) is 0 Å². The van der Waals surface area contributed by atoms with E-state index in [-0.39, 0.29) is 42.2 Å². The zero-order valence-corrected chi connectivity index (χ0v) is 11.1. The van der Waals surface area contributed by atoms with Crippen LogP contribution in [0.5, 0.6) is 0 Å². The first-order chi connectivity index (χ1) is 9.04. The number of amides is 2. The first-order valence-corrected chi connectivity index (χ1v) is 5.34. The molecule has 0 radical (unpaired) electrons. The molecule has 1 unspecified atom stereocenters. The molecule has 0 aliphatic heterocycles. The van der Waals surface area contributed by atoms with Crippen molar-refractivity contribution in [3.63, 3.8) is 0 Å². The highest BCUT2D eigenvalue weighted by Gasteiger charge is 2.21. The summed E-state index contributed by atoms with van der Waals surface area (Å²) in [5.74, 6) is -1.24. The summed E-state index contributed by atoms with van der Waals surface area (Å²) in [7, 11) is 3.83. The Balaban J connectivity index is -0.000000540. The number of esters is 1. The number of carbonyl (C=O) groups is 3. The minimum absolute atomic E-state index is 0. The standard InChI is InChI=1S/C10H18N2O7.3CH4/c1-16-4-7(8(13)17-2)5-19-10(15)12-6-11-9(14)18-3;;;/h7H,4-6H2,1-3H3,(H,11,14)(H,12,15);3*1H4. The Morgan fingerprint density at radius 2 is 1.41 bits per heavy atom. The van der Waals surface area contributed by atoms with Gasteiger partial charge in [0.15, 0.2) is 0 Å². The summed E-state index contributed by atoms with van der Waals surface area (Å²) in [6.45, 7) is -0.274. The minimum Gasteiger partial charge on any atom is -0.469 e. The van der Waals surface area contributed by atoms with Gasteiger partial charge >= 0.3 is 18.2 Å². The average molecular weight is 326 g/mol. The Bertz CT molecular complexity index is 311. The van der Waals surface area contributed by atoms with Crippen LogP contribution in [0.4, 0.5) is 9.59 Å². The van der Waals surface area contributed by atoms with Gasteiger partial charge in [-0.2, -0.15) is 0 Å². The van der Waals surface area contributed by atoms with Crippen LogP contribution >= 0.6 is 0 Å². The van der Waals surface area contributed by atoms with E-state index >= 15 is 0 Å². The molecule has 1 atom stereocenters. The van der Waals surface area contributed by atoms with Crippen LogP contribution < -0.4 is 10.6 Å². The van der Waals surface area contributed by atoms with E-state index in [4.69, 9.17) is 9.47 Å². The second kappa shape index (κ2) is 17.0. The first kappa shape index (κ1) is 28.2. The van der Waals surface area contributed by atoms with Crippen LogP contribution in [0.2, 0.25) is 0 Å². The summed E-state index contributed by atoms with van der Waals surface area (Å²) in [4.78, 5) is 33.2. The van der Waals surface area contributed by atoms with E-state index in [1.807, 2.05) is 0 Å². The van der Waals surface area contributed by atoms with Gasteiger partial charge in [-0.25, -0.2) is 9.59 Å². The van der Waals surface area contributed by atoms with Crippen molar-refractivity contribution in [1.29, 1.82) is 0 Å². The Labute approximate surface area is 132 Å². The summed E-state index contributed by atoms with van der Waals surface area (Å²) >= 11 is 0. The highest BCUT2D eigenvalue weighted by Crippen LogP contribution is 2.01. The van der Waals surface area contributed by atoms with Gasteiger partial charge in [-0.1, -0.05) is 22.3 Å². The third kappa shape index (κ3) is 13.0. The smallest absolute Gasteiger partial charge is 0.408 e. The van der Waals surface area contributed by atoms with Gasteiger partial charge in [-0.3, -0.25) is 4.79 Å². The summed E-state index contributed by atoms with van der Waals surface area (Å²) in [6, 6.07) is 0. The number of methoxy groups -OCH3 is 3. The number of hydrogen-bond donors (Lipinski definition) is 2. The lowest BCUT2D eigenvalue weighted by Crippen LogP contribution is -2.38. The Morgan fingerprint density at radius 1 is 0.864 bits per heavy atom. The summed E-state index contributed by atoms with van der Waals surface area (Å²) < 4.78 is 18.4. The Hall–Kier alpha value is -2.03. The molecule has 0 aliphatic carbocycles. The van der Waals surface area contributed by atoms with Crippen molar-refractivity contribution in [2.75, 3.05) is 41.2 Å². The number of rotatable bonds is 7. The zero-order valence-electron chi connectivity index (χ0n) is 11.1.